The largest absolute Gasteiger partial charge is 0.487 e. The van der Waals surface area contributed by atoms with E-state index in [2.05, 4.69) is 31.9 Å². The molecule has 2 aromatic rings. The highest BCUT2D eigenvalue weighted by atomic mass is 79.9. The summed E-state index contributed by atoms with van der Waals surface area (Å²) in [6, 6.07) is 8.18. The van der Waals surface area contributed by atoms with Crippen LogP contribution in [0, 0.1) is 12.7 Å². The van der Waals surface area contributed by atoms with E-state index in [1.807, 2.05) is 6.92 Å². The summed E-state index contributed by atoms with van der Waals surface area (Å²) in [5.41, 5.74) is 8.15. The number of benzene rings is 2. The van der Waals surface area contributed by atoms with Crippen LogP contribution in [-0.2, 0) is 6.61 Å². The molecule has 0 saturated heterocycles. The zero-order valence-corrected chi connectivity index (χ0v) is 13.4. The van der Waals surface area contributed by atoms with Crippen molar-refractivity contribution in [1.29, 1.82) is 0 Å². The lowest BCUT2D eigenvalue weighted by Crippen LogP contribution is -2.00. The van der Waals surface area contributed by atoms with E-state index in [0.717, 1.165) is 20.1 Å². The van der Waals surface area contributed by atoms with E-state index in [9.17, 15) is 4.39 Å². The second-order valence-corrected chi connectivity index (χ2v) is 5.88. The zero-order valence-electron chi connectivity index (χ0n) is 10.2. The number of ether oxygens (including phenoxy) is 1. The van der Waals surface area contributed by atoms with E-state index in [-0.39, 0.29) is 5.82 Å². The molecule has 2 N–H and O–H groups in total. The van der Waals surface area contributed by atoms with E-state index in [4.69, 9.17) is 10.5 Å². The molecule has 0 aliphatic rings. The van der Waals surface area contributed by atoms with Crippen LogP contribution < -0.4 is 10.5 Å². The Kier molecular flexibility index (Phi) is 4.47. The Hall–Kier alpha value is -1.07. The third kappa shape index (κ3) is 3.48. The molecule has 2 nitrogen and oxygen atoms in total. The van der Waals surface area contributed by atoms with Crippen LogP contribution in [-0.4, -0.2) is 0 Å². The molecule has 2 aromatic carbocycles. The van der Waals surface area contributed by atoms with Gasteiger partial charge in [0.15, 0.2) is 0 Å². The van der Waals surface area contributed by atoms with Crippen molar-refractivity contribution >= 4 is 37.5 Å². The molecule has 0 aliphatic carbocycles. The quantitative estimate of drug-likeness (QED) is 0.765. The van der Waals surface area contributed by atoms with Gasteiger partial charge < -0.3 is 10.5 Å². The average molecular weight is 389 g/mol. The number of nitrogens with two attached hydrogens (primary N) is 1. The Morgan fingerprint density at radius 3 is 2.42 bits per heavy atom. The SMILES string of the molecule is Cc1ccc(F)cc1COc1c(Br)cc(N)cc1Br. The number of hydrogen-bond acceptors (Lipinski definition) is 2. The fraction of sp³-hybridized carbons (Fsp3) is 0.143. The molecule has 5 heteroatoms. The first kappa shape index (κ1) is 14.3. The van der Waals surface area contributed by atoms with Gasteiger partial charge in [0.1, 0.15) is 18.2 Å². The normalized spacial score (nSPS) is 10.5. The number of anilines is 1. The third-order valence-corrected chi connectivity index (χ3v) is 3.88. The number of halogens is 3. The summed E-state index contributed by atoms with van der Waals surface area (Å²) >= 11 is 6.79. The van der Waals surface area contributed by atoms with Crippen molar-refractivity contribution in [3.63, 3.8) is 0 Å². The maximum atomic E-state index is 13.2. The van der Waals surface area contributed by atoms with Crippen molar-refractivity contribution in [2.45, 2.75) is 13.5 Å². The predicted molar refractivity (Wildman–Crippen MR) is 81.7 cm³/mol. The topological polar surface area (TPSA) is 35.2 Å². The lowest BCUT2D eigenvalue weighted by Gasteiger charge is -2.12. The minimum Gasteiger partial charge on any atom is -0.487 e. The fourth-order valence-electron chi connectivity index (χ4n) is 1.66. The standard InChI is InChI=1S/C14H12Br2FNO/c1-8-2-3-10(17)4-9(8)7-19-14-12(15)5-11(18)6-13(14)16/h2-6H,7,18H2,1H3. The van der Waals surface area contributed by atoms with E-state index < -0.39 is 0 Å². The first-order valence-electron chi connectivity index (χ1n) is 5.59. The van der Waals surface area contributed by atoms with E-state index in [0.29, 0.717) is 18.0 Å². The molecule has 100 valence electrons. The molecular weight excluding hydrogens is 377 g/mol. The van der Waals surface area contributed by atoms with Crippen LogP contribution >= 0.6 is 31.9 Å². The van der Waals surface area contributed by atoms with Crippen molar-refractivity contribution in [1.82, 2.24) is 0 Å². The number of rotatable bonds is 3. The van der Waals surface area contributed by atoms with Crippen LogP contribution in [0.4, 0.5) is 10.1 Å². The smallest absolute Gasteiger partial charge is 0.148 e. The zero-order chi connectivity index (χ0) is 14.0. The summed E-state index contributed by atoms with van der Waals surface area (Å²) < 4.78 is 20.4. The molecule has 0 bridgehead atoms. The minimum absolute atomic E-state index is 0.264. The van der Waals surface area contributed by atoms with E-state index in [1.165, 1.54) is 12.1 Å². The molecule has 0 aliphatic heterocycles. The van der Waals surface area contributed by atoms with Crippen molar-refractivity contribution in [2.24, 2.45) is 0 Å². The summed E-state index contributed by atoms with van der Waals surface area (Å²) in [4.78, 5) is 0. The van der Waals surface area contributed by atoms with Gasteiger partial charge in [-0.3, -0.25) is 0 Å². The van der Waals surface area contributed by atoms with Crippen LogP contribution in [0.15, 0.2) is 39.3 Å². The Balaban J connectivity index is 2.21. The van der Waals surface area contributed by atoms with Gasteiger partial charge in [0.05, 0.1) is 8.95 Å². The highest BCUT2D eigenvalue weighted by molar-refractivity contribution is 9.11. The molecule has 0 fully saturated rings. The van der Waals surface area contributed by atoms with Gasteiger partial charge in [-0.1, -0.05) is 6.07 Å². The Bertz CT molecular complexity index is 593. The van der Waals surface area contributed by atoms with Crippen molar-refractivity contribution in [3.8, 4) is 5.75 Å². The molecule has 0 radical (unpaired) electrons. The first-order valence-corrected chi connectivity index (χ1v) is 7.18. The van der Waals surface area contributed by atoms with Crippen LogP contribution in [0.1, 0.15) is 11.1 Å². The molecule has 19 heavy (non-hydrogen) atoms. The van der Waals surface area contributed by atoms with Crippen molar-refractivity contribution in [3.05, 3.63) is 56.2 Å². The molecule has 0 atom stereocenters. The molecule has 0 aromatic heterocycles. The van der Waals surface area contributed by atoms with Crippen LogP contribution in [0.2, 0.25) is 0 Å². The number of hydrogen-bond donors (Lipinski definition) is 1. The van der Waals surface area contributed by atoms with Gasteiger partial charge >= 0.3 is 0 Å². The molecule has 0 saturated carbocycles. The second kappa shape index (κ2) is 5.92. The monoisotopic (exact) mass is 387 g/mol. The van der Waals surface area contributed by atoms with E-state index >= 15 is 0 Å². The van der Waals surface area contributed by atoms with Crippen molar-refractivity contribution in [2.75, 3.05) is 5.73 Å². The number of aryl methyl sites for hydroxylation is 1. The molecular formula is C14H12Br2FNO. The third-order valence-electron chi connectivity index (χ3n) is 2.70. The van der Waals surface area contributed by atoms with Gasteiger partial charge in [-0.05, 0) is 74.2 Å². The minimum atomic E-state index is -0.264. The number of nitrogen functional groups attached to an aromatic ring is 1. The van der Waals surface area contributed by atoms with Crippen molar-refractivity contribution < 1.29 is 9.13 Å². The van der Waals surface area contributed by atoms with Gasteiger partial charge in [-0.2, -0.15) is 0 Å². The second-order valence-electron chi connectivity index (χ2n) is 4.17. The lowest BCUT2D eigenvalue weighted by atomic mass is 10.1. The van der Waals surface area contributed by atoms with Crippen LogP contribution in [0.25, 0.3) is 0 Å². The van der Waals surface area contributed by atoms with Gasteiger partial charge in [0.2, 0.25) is 0 Å². The Labute approximate surface area is 128 Å². The lowest BCUT2D eigenvalue weighted by molar-refractivity contribution is 0.301. The maximum absolute atomic E-state index is 13.2. The van der Waals surface area contributed by atoms with Gasteiger partial charge in [-0.15, -0.1) is 0 Å². The predicted octanol–water partition coefficient (Wildman–Crippen LogP) is 4.82. The summed E-state index contributed by atoms with van der Waals surface area (Å²) in [5, 5.41) is 0. The fourth-order valence-corrected chi connectivity index (χ4v) is 3.11. The molecule has 2 rings (SSSR count). The highest BCUT2D eigenvalue weighted by Crippen LogP contribution is 2.36. The highest BCUT2D eigenvalue weighted by Gasteiger charge is 2.09. The molecule has 0 heterocycles. The molecule has 0 amide bonds. The maximum Gasteiger partial charge on any atom is 0.148 e. The van der Waals surface area contributed by atoms with Gasteiger partial charge in [0.25, 0.3) is 0 Å². The van der Waals surface area contributed by atoms with E-state index in [1.54, 1.807) is 18.2 Å². The van der Waals surface area contributed by atoms with Gasteiger partial charge in [-0.25, -0.2) is 4.39 Å². The molecule has 0 unspecified atom stereocenters. The average Bonchev–Trinajstić information content (AvgIpc) is 2.32. The van der Waals surface area contributed by atoms with Gasteiger partial charge in [0, 0.05) is 5.69 Å². The van der Waals surface area contributed by atoms with Crippen LogP contribution in [0.3, 0.4) is 0 Å². The van der Waals surface area contributed by atoms with Crippen LogP contribution in [0.5, 0.6) is 5.75 Å². The summed E-state index contributed by atoms with van der Waals surface area (Å²) in [5.74, 6) is 0.387. The first-order chi connectivity index (χ1) is 8.97. The molecule has 0 spiro atoms. The summed E-state index contributed by atoms with van der Waals surface area (Å²) in [7, 11) is 0. The summed E-state index contributed by atoms with van der Waals surface area (Å²) in [6.07, 6.45) is 0. The Morgan fingerprint density at radius 1 is 1.16 bits per heavy atom. The summed E-state index contributed by atoms with van der Waals surface area (Å²) in [6.45, 7) is 2.22. The Morgan fingerprint density at radius 2 is 1.79 bits per heavy atom.